The maximum absolute atomic E-state index is 14.3. The molecular formula is C27H26ClFN4O6. The van der Waals surface area contributed by atoms with E-state index in [0.717, 1.165) is 6.42 Å². The zero-order valence-electron chi connectivity index (χ0n) is 21.0. The van der Waals surface area contributed by atoms with E-state index in [1.54, 1.807) is 35.2 Å². The molecule has 2 aromatic carbocycles. The standard InChI is InChI=1S/C27H26ClFN4O6/c1-38-24(35)13-39-16-6-7-20-17(11-16)19(12-32(20)26(30)36)31-27(37)33-21-9-15(21)10-22(33)23(34)8-5-14-3-2-4-18(28)25(14)29/h2-4,6-7,11-12,15,21-22H,5,8-10,13H2,1H3,(H2,30,36)(H,31,37)/t15?,21?,22-/m0/s1. The van der Waals surface area contributed by atoms with Crippen LogP contribution in [0.3, 0.4) is 0 Å². The van der Waals surface area contributed by atoms with E-state index in [1.807, 2.05) is 0 Å². The summed E-state index contributed by atoms with van der Waals surface area (Å²) >= 11 is 5.85. The number of nitrogens with one attached hydrogen (secondary N) is 1. The Morgan fingerprint density at radius 2 is 1.97 bits per heavy atom. The molecule has 3 atom stereocenters. The number of methoxy groups -OCH3 is 1. The average molecular weight is 557 g/mol. The van der Waals surface area contributed by atoms with Crippen LogP contribution in [0.15, 0.2) is 42.6 Å². The Hall–Kier alpha value is -4.12. The number of ketones is 1. The van der Waals surface area contributed by atoms with Crippen molar-refractivity contribution in [2.24, 2.45) is 11.7 Å². The van der Waals surface area contributed by atoms with Crippen molar-refractivity contribution in [1.29, 1.82) is 0 Å². The van der Waals surface area contributed by atoms with Gasteiger partial charge in [0, 0.05) is 24.0 Å². The fraction of sp³-hybridized carbons (Fsp3) is 0.333. The van der Waals surface area contributed by atoms with Crippen LogP contribution in [-0.4, -0.2) is 59.1 Å². The molecule has 39 heavy (non-hydrogen) atoms. The van der Waals surface area contributed by atoms with Gasteiger partial charge in [0.25, 0.3) is 0 Å². The molecular weight excluding hydrogens is 531 g/mol. The smallest absolute Gasteiger partial charge is 0.343 e. The summed E-state index contributed by atoms with van der Waals surface area (Å²) in [6, 6.07) is 7.42. The van der Waals surface area contributed by atoms with Gasteiger partial charge in [-0.25, -0.2) is 18.8 Å². The summed E-state index contributed by atoms with van der Waals surface area (Å²) in [4.78, 5) is 51.7. The molecule has 2 unspecified atom stereocenters. The van der Waals surface area contributed by atoms with E-state index in [0.29, 0.717) is 28.6 Å². The van der Waals surface area contributed by atoms with Crippen LogP contribution in [0.2, 0.25) is 5.02 Å². The van der Waals surface area contributed by atoms with Gasteiger partial charge in [0.15, 0.2) is 12.4 Å². The molecule has 3 N–H and O–H groups in total. The highest BCUT2D eigenvalue weighted by molar-refractivity contribution is 6.30. The number of carbonyl (C=O) groups excluding carboxylic acids is 4. The number of esters is 1. The zero-order valence-corrected chi connectivity index (χ0v) is 21.7. The highest BCUT2D eigenvalue weighted by Crippen LogP contribution is 2.48. The lowest BCUT2D eigenvalue weighted by Crippen LogP contribution is -2.45. The van der Waals surface area contributed by atoms with E-state index < -0.39 is 29.9 Å². The molecule has 204 valence electrons. The number of urea groups is 1. The number of aryl methyl sites for hydroxylation is 1. The Kier molecular flexibility index (Phi) is 7.17. The minimum absolute atomic E-state index is 0.00274. The van der Waals surface area contributed by atoms with Crippen LogP contribution in [0.1, 0.15) is 24.8 Å². The summed E-state index contributed by atoms with van der Waals surface area (Å²) in [5.41, 5.74) is 6.58. The number of rotatable bonds is 8. The maximum atomic E-state index is 14.3. The highest BCUT2D eigenvalue weighted by Gasteiger charge is 2.55. The molecule has 0 spiro atoms. The topological polar surface area (TPSA) is 133 Å². The first-order valence-corrected chi connectivity index (χ1v) is 12.7. The number of nitrogens with two attached hydrogens (primary N) is 1. The summed E-state index contributed by atoms with van der Waals surface area (Å²) in [6.45, 7) is -0.319. The summed E-state index contributed by atoms with van der Waals surface area (Å²) < 4.78 is 25.5. The summed E-state index contributed by atoms with van der Waals surface area (Å²) in [5.74, 6) is -0.722. The SMILES string of the molecule is COC(=O)COc1ccc2c(c1)c(NC(=O)N1C3CC3C[C@H]1C(=O)CCc1cccc(Cl)c1F)cn2C(N)=O. The van der Waals surface area contributed by atoms with Crippen molar-refractivity contribution in [1.82, 2.24) is 9.47 Å². The van der Waals surface area contributed by atoms with Crippen LogP contribution in [0.25, 0.3) is 10.9 Å². The van der Waals surface area contributed by atoms with Crippen molar-refractivity contribution >= 4 is 52.0 Å². The molecule has 5 rings (SSSR count). The number of anilines is 1. The van der Waals surface area contributed by atoms with Gasteiger partial charge in [0.2, 0.25) is 0 Å². The van der Waals surface area contributed by atoms with Crippen LogP contribution < -0.4 is 15.8 Å². The Bertz CT molecular complexity index is 1490. The number of nitrogens with zero attached hydrogens (tertiary/aromatic N) is 2. The summed E-state index contributed by atoms with van der Waals surface area (Å²) in [6.07, 6.45) is 2.98. The molecule has 2 aliphatic rings. The molecule has 1 aromatic heterocycles. The number of likely N-dealkylation sites (tertiary alicyclic amines) is 1. The predicted octanol–water partition coefficient (Wildman–Crippen LogP) is 4.11. The molecule has 1 saturated carbocycles. The Balaban J connectivity index is 1.34. The van der Waals surface area contributed by atoms with Crippen LogP contribution in [0.5, 0.6) is 5.75 Å². The quantitative estimate of drug-likeness (QED) is 0.401. The van der Waals surface area contributed by atoms with Crippen molar-refractivity contribution in [3.63, 3.8) is 0 Å². The van der Waals surface area contributed by atoms with Crippen molar-refractivity contribution in [2.75, 3.05) is 19.0 Å². The van der Waals surface area contributed by atoms with Crippen LogP contribution in [0, 0.1) is 11.7 Å². The average Bonchev–Trinajstić information content (AvgIpc) is 3.43. The molecule has 3 aromatic rings. The Morgan fingerprint density at radius 3 is 2.72 bits per heavy atom. The van der Waals surface area contributed by atoms with Crippen LogP contribution in [0.4, 0.5) is 19.7 Å². The number of hydrogen-bond donors (Lipinski definition) is 2. The number of hydrogen-bond acceptors (Lipinski definition) is 6. The molecule has 2 heterocycles. The van der Waals surface area contributed by atoms with Gasteiger partial charge in [0.05, 0.1) is 29.4 Å². The lowest BCUT2D eigenvalue weighted by Gasteiger charge is -2.27. The Labute approximate surface area is 227 Å². The lowest BCUT2D eigenvalue weighted by atomic mass is 10.00. The Morgan fingerprint density at radius 1 is 1.18 bits per heavy atom. The number of fused-ring (bicyclic) bond motifs is 2. The van der Waals surface area contributed by atoms with Crippen LogP contribution >= 0.6 is 11.6 Å². The van der Waals surface area contributed by atoms with Crippen LogP contribution in [-0.2, 0) is 20.7 Å². The number of benzene rings is 2. The summed E-state index contributed by atoms with van der Waals surface area (Å²) in [7, 11) is 1.24. The lowest BCUT2D eigenvalue weighted by molar-refractivity contribution is -0.142. The number of carbonyl (C=O) groups is 4. The van der Waals surface area contributed by atoms with E-state index >= 15 is 0 Å². The second kappa shape index (κ2) is 10.6. The first-order chi connectivity index (χ1) is 18.7. The zero-order chi connectivity index (χ0) is 27.8. The van der Waals surface area contributed by atoms with Crippen molar-refractivity contribution < 1.29 is 33.0 Å². The monoisotopic (exact) mass is 556 g/mol. The molecule has 2 fully saturated rings. The molecule has 0 bridgehead atoms. The van der Waals surface area contributed by atoms with Gasteiger partial charge in [-0.15, -0.1) is 0 Å². The van der Waals surface area contributed by atoms with Crippen molar-refractivity contribution in [3.8, 4) is 5.75 Å². The predicted molar refractivity (Wildman–Crippen MR) is 140 cm³/mol. The van der Waals surface area contributed by atoms with E-state index in [9.17, 15) is 23.6 Å². The van der Waals surface area contributed by atoms with E-state index in [2.05, 4.69) is 10.1 Å². The van der Waals surface area contributed by atoms with Gasteiger partial charge in [-0.3, -0.25) is 9.36 Å². The number of piperidine rings is 1. The minimum Gasteiger partial charge on any atom is -0.482 e. The third-order valence-corrected chi connectivity index (χ3v) is 7.51. The molecule has 12 heteroatoms. The van der Waals surface area contributed by atoms with Crippen molar-refractivity contribution in [3.05, 3.63) is 59.0 Å². The number of ether oxygens (including phenoxy) is 2. The van der Waals surface area contributed by atoms with Crippen molar-refractivity contribution in [2.45, 2.75) is 37.8 Å². The van der Waals surface area contributed by atoms with E-state index in [4.69, 9.17) is 22.1 Å². The largest absolute Gasteiger partial charge is 0.482 e. The first kappa shape index (κ1) is 26.5. The molecule has 0 radical (unpaired) electrons. The van der Waals surface area contributed by atoms with E-state index in [-0.39, 0.29) is 47.9 Å². The molecule has 1 aliphatic heterocycles. The fourth-order valence-corrected chi connectivity index (χ4v) is 5.36. The van der Waals surface area contributed by atoms with Gasteiger partial charge in [0.1, 0.15) is 11.6 Å². The highest BCUT2D eigenvalue weighted by atomic mass is 35.5. The third kappa shape index (κ3) is 5.26. The minimum atomic E-state index is -0.756. The number of amides is 3. The fourth-order valence-electron chi connectivity index (χ4n) is 5.16. The van der Waals surface area contributed by atoms with Gasteiger partial charge in [-0.2, -0.15) is 0 Å². The van der Waals surface area contributed by atoms with E-state index in [1.165, 1.54) is 23.9 Å². The third-order valence-electron chi connectivity index (χ3n) is 7.22. The van der Waals surface area contributed by atoms with Gasteiger partial charge >= 0.3 is 18.0 Å². The number of aromatic nitrogens is 1. The number of primary amides is 1. The second-order valence-corrected chi connectivity index (χ2v) is 10.0. The number of halogens is 2. The first-order valence-electron chi connectivity index (χ1n) is 12.4. The van der Waals surface area contributed by atoms with Gasteiger partial charge in [-0.05, 0) is 55.0 Å². The molecule has 3 amide bonds. The molecule has 1 saturated heterocycles. The normalized spacial score (nSPS) is 19.5. The van der Waals surface area contributed by atoms with Gasteiger partial charge < -0.3 is 25.4 Å². The number of Topliss-reactive ketones (excluding diaryl/α,β-unsaturated/α-hetero) is 1. The van der Waals surface area contributed by atoms with Gasteiger partial charge in [-0.1, -0.05) is 23.7 Å². The summed E-state index contributed by atoms with van der Waals surface area (Å²) in [5, 5.41) is 3.27. The second-order valence-electron chi connectivity index (χ2n) is 9.63. The molecule has 1 aliphatic carbocycles. The maximum Gasteiger partial charge on any atom is 0.343 e. The molecule has 10 nitrogen and oxygen atoms in total.